The van der Waals surface area contributed by atoms with Crippen LogP contribution in [0.3, 0.4) is 0 Å². The van der Waals surface area contributed by atoms with E-state index >= 15 is 0 Å². The molecule has 0 radical (unpaired) electrons. The highest BCUT2D eigenvalue weighted by molar-refractivity contribution is 8.00. The van der Waals surface area contributed by atoms with Gasteiger partial charge in [0.25, 0.3) is 0 Å². The van der Waals surface area contributed by atoms with E-state index < -0.39 is 0 Å². The van der Waals surface area contributed by atoms with E-state index in [1.807, 2.05) is 6.92 Å². The third-order valence-electron chi connectivity index (χ3n) is 2.65. The molecule has 0 bridgehead atoms. The van der Waals surface area contributed by atoms with Crippen molar-refractivity contribution in [3.8, 4) is 0 Å². The molecule has 0 saturated carbocycles. The zero-order valence-electron chi connectivity index (χ0n) is 12.0. The number of aryl methyl sites for hydroxylation is 1. The number of carbonyl (C=O) groups is 1. The zero-order chi connectivity index (χ0) is 14.1. The number of rotatable bonds is 8. The van der Waals surface area contributed by atoms with Gasteiger partial charge in [-0.05, 0) is 44.0 Å². The number of carbonyl (C=O) groups excluding carboxylic acids is 1. The lowest BCUT2D eigenvalue weighted by molar-refractivity contribution is -0.139. The number of esters is 1. The van der Waals surface area contributed by atoms with E-state index in [-0.39, 0.29) is 5.97 Å². The lowest BCUT2D eigenvalue weighted by atomic mass is 10.1. The van der Waals surface area contributed by atoms with Gasteiger partial charge in [-0.1, -0.05) is 19.1 Å². The second kappa shape index (κ2) is 8.99. The van der Waals surface area contributed by atoms with E-state index in [0.29, 0.717) is 12.4 Å². The monoisotopic (exact) mass is 281 g/mol. The van der Waals surface area contributed by atoms with E-state index in [2.05, 4.69) is 37.4 Å². The van der Waals surface area contributed by atoms with Gasteiger partial charge in [-0.15, -0.1) is 11.8 Å². The summed E-state index contributed by atoms with van der Waals surface area (Å²) in [6, 6.07) is 6.38. The van der Waals surface area contributed by atoms with Crippen LogP contribution in [0, 0.1) is 6.92 Å². The second-order valence-electron chi connectivity index (χ2n) is 4.37. The lowest BCUT2D eigenvalue weighted by Gasteiger charge is -2.09. The Labute approximate surface area is 120 Å². The molecule has 0 amide bonds. The first-order valence-corrected chi connectivity index (χ1v) is 7.74. The van der Waals surface area contributed by atoms with Crippen LogP contribution in [-0.4, -0.2) is 24.9 Å². The van der Waals surface area contributed by atoms with Crippen molar-refractivity contribution in [2.75, 3.05) is 18.9 Å². The Kier molecular flexibility index (Phi) is 7.60. The molecule has 0 aliphatic carbocycles. The maximum Gasteiger partial charge on any atom is 0.316 e. The highest BCUT2D eigenvalue weighted by Crippen LogP contribution is 2.23. The summed E-state index contributed by atoms with van der Waals surface area (Å²) < 4.78 is 4.92. The van der Waals surface area contributed by atoms with Crippen molar-refractivity contribution in [1.82, 2.24) is 5.32 Å². The van der Waals surface area contributed by atoms with E-state index in [4.69, 9.17) is 4.74 Å². The van der Waals surface area contributed by atoms with Gasteiger partial charge in [0.15, 0.2) is 0 Å². The average molecular weight is 281 g/mol. The molecule has 0 aliphatic rings. The van der Waals surface area contributed by atoms with Crippen molar-refractivity contribution in [3.05, 3.63) is 29.3 Å². The quantitative estimate of drug-likeness (QED) is 0.451. The summed E-state index contributed by atoms with van der Waals surface area (Å²) in [5.41, 5.74) is 2.50. The van der Waals surface area contributed by atoms with Gasteiger partial charge in [0.1, 0.15) is 0 Å². The third-order valence-corrected chi connectivity index (χ3v) is 3.80. The molecule has 0 fully saturated rings. The standard InChI is InChI=1S/C15H23NO2S/c1-4-8-16-10-13-6-7-14(12(3)9-13)19-11-15(17)18-5-2/h6-7,9,16H,4-5,8,10-11H2,1-3H3. The van der Waals surface area contributed by atoms with Crippen molar-refractivity contribution in [3.63, 3.8) is 0 Å². The minimum atomic E-state index is -0.152. The van der Waals surface area contributed by atoms with Gasteiger partial charge in [0, 0.05) is 11.4 Å². The molecule has 1 aromatic carbocycles. The molecule has 106 valence electrons. The molecule has 0 heterocycles. The highest BCUT2D eigenvalue weighted by atomic mass is 32.2. The molecule has 0 atom stereocenters. The molecular formula is C15H23NO2S. The van der Waals surface area contributed by atoms with Gasteiger partial charge in [-0.2, -0.15) is 0 Å². The minimum absolute atomic E-state index is 0.152. The van der Waals surface area contributed by atoms with Crippen LogP contribution in [0.25, 0.3) is 0 Å². The van der Waals surface area contributed by atoms with Crippen LogP contribution in [0.4, 0.5) is 0 Å². The fraction of sp³-hybridized carbons (Fsp3) is 0.533. The van der Waals surface area contributed by atoms with Crippen molar-refractivity contribution in [2.24, 2.45) is 0 Å². The van der Waals surface area contributed by atoms with E-state index in [9.17, 15) is 4.79 Å². The zero-order valence-corrected chi connectivity index (χ0v) is 12.8. The van der Waals surface area contributed by atoms with E-state index in [1.165, 1.54) is 22.9 Å². The summed E-state index contributed by atoms with van der Waals surface area (Å²) in [5.74, 6) is 0.225. The molecule has 3 nitrogen and oxygen atoms in total. The molecule has 19 heavy (non-hydrogen) atoms. The summed E-state index contributed by atoms with van der Waals surface area (Å²) in [7, 11) is 0. The Morgan fingerprint density at radius 2 is 2.16 bits per heavy atom. The van der Waals surface area contributed by atoms with Crippen molar-refractivity contribution in [1.29, 1.82) is 0 Å². The maximum absolute atomic E-state index is 11.3. The Hall–Kier alpha value is -1.00. The maximum atomic E-state index is 11.3. The molecule has 0 aliphatic heterocycles. The Bertz CT molecular complexity index is 407. The number of hydrogen-bond acceptors (Lipinski definition) is 4. The average Bonchev–Trinajstić information content (AvgIpc) is 2.38. The predicted molar refractivity (Wildman–Crippen MR) is 80.5 cm³/mol. The smallest absolute Gasteiger partial charge is 0.316 e. The minimum Gasteiger partial charge on any atom is -0.465 e. The Morgan fingerprint density at radius 1 is 1.37 bits per heavy atom. The molecular weight excluding hydrogens is 258 g/mol. The Morgan fingerprint density at radius 3 is 2.79 bits per heavy atom. The fourth-order valence-corrected chi connectivity index (χ4v) is 2.54. The van der Waals surface area contributed by atoms with Gasteiger partial charge >= 0.3 is 5.97 Å². The van der Waals surface area contributed by atoms with E-state index in [0.717, 1.165) is 24.4 Å². The lowest BCUT2D eigenvalue weighted by Crippen LogP contribution is -2.13. The number of nitrogens with one attached hydrogen (secondary N) is 1. The van der Waals surface area contributed by atoms with Gasteiger partial charge in [-0.3, -0.25) is 4.79 Å². The van der Waals surface area contributed by atoms with Crippen molar-refractivity contribution in [2.45, 2.75) is 38.6 Å². The first kappa shape index (κ1) is 16.1. The number of ether oxygens (including phenoxy) is 1. The Balaban J connectivity index is 2.49. The third kappa shape index (κ3) is 6.12. The van der Waals surface area contributed by atoms with Gasteiger partial charge in [0.2, 0.25) is 0 Å². The summed E-state index contributed by atoms with van der Waals surface area (Å²) >= 11 is 1.54. The first-order valence-electron chi connectivity index (χ1n) is 6.76. The highest BCUT2D eigenvalue weighted by Gasteiger charge is 2.06. The summed E-state index contributed by atoms with van der Waals surface area (Å²) in [5, 5.41) is 3.38. The van der Waals surface area contributed by atoms with Crippen LogP contribution >= 0.6 is 11.8 Å². The molecule has 0 unspecified atom stereocenters. The van der Waals surface area contributed by atoms with Crippen LogP contribution in [-0.2, 0) is 16.1 Å². The summed E-state index contributed by atoms with van der Waals surface area (Å²) in [6.45, 7) is 8.45. The van der Waals surface area contributed by atoms with Gasteiger partial charge < -0.3 is 10.1 Å². The molecule has 0 spiro atoms. The molecule has 4 heteroatoms. The first-order chi connectivity index (χ1) is 9.17. The summed E-state index contributed by atoms with van der Waals surface area (Å²) in [6.07, 6.45) is 1.15. The number of benzene rings is 1. The molecule has 0 saturated heterocycles. The predicted octanol–water partition coefficient (Wildman–Crippen LogP) is 3.15. The normalized spacial score (nSPS) is 10.5. The van der Waals surface area contributed by atoms with Crippen molar-refractivity contribution < 1.29 is 9.53 Å². The summed E-state index contributed by atoms with van der Waals surface area (Å²) in [4.78, 5) is 12.5. The van der Waals surface area contributed by atoms with Gasteiger partial charge in [-0.25, -0.2) is 0 Å². The van der Waals surface area contributed by atoms with Crippen molar-refractivity contribution >= 4 is 17.7 Å². The SMILES string of the molecule is CCCNCc1ccc(SCC(=O)OCC)c(C)c1. The van der Waals surface area contributed by atoms with Crippen LogP contribution in [0.1, 0.15) is 31.4 Å². The largest absolute Gasteiger partial charge is 0.465 e. The van der Waals surface area contributed by atoms with Crippen LogP contribution < -0.4 is 5.32 Å². The van der Waals surface area contributed by atoms with Crippen LogP contribution in [0.2, 0.25) is 0 Å². The molecule has 1 rings (SSSR count). The van der Waals surface area contributed by atoms with E-state index in [1.54, 1.807) is 0 Å². The molecule has 0 aromatic heterocycles. The van der Waals surface area contributed by atoms with Gasteiger partial charge in [0.05, 0.1) is 12.4 Å². The fourth-order valence-electron chi connectivity index (χ4n) is 1.73. The van der Waals surface area contributed by atoms with Crippen LogP contribution in [0.15, 0.2) is 23.1 Å². The molecule has 1 aromatic rings. The molecule has 1 N–H and O–H groups in total. The number of hydrogen-bond donors (Lipinski definition) is 1. The number of thioether (sulfide) groups is 1. The topological polar surface area (TPSA) is 38.3 Å². The van der Waals surface area contributed by atoms with Crippen LogP contribution in [0.5, 0.6) is 0 Å². The second-order valence-corrected chi connectivity index (χ2v) is 5.39.